The number of likely N-dealkylation sites (tertiary alicyclic amines) is 1. The summed E-state index contributed by atoms with van der Waals surface area (Å²) in [4.78, 5) is 18.1. The lowest BCUT2D eigenvalue weighted by Gasteiger charge is -2.31. The minimum Gasteiger partial charge on any atom is -0.339 e. The first-order chi connectivity index (χ1) is 11.8. The molecule has 132 valence electrons. The van der Waals surface area contributed by atoms with Crippen LogP contribution in [-0.4, -0.2) is 34.8 Å². The van der Waals surface area contributed by atoms with Crippen LogP contribution in [-0.2, 0) is 0 Å². The zero-order valence-electron chi connectivity index (χ0n) is 13.1. The zero-order chi connectivity index (χ0) is 18.0. The smallest absolute Gasteiger partial charge is 0.255 e. The molecule has 0 spiro atoms. The maximum Gasteiger partial charge on any atom is 0.255 e. The Bertz CT molecular complexity index is 776. The predicted octanol–water partition coefficient (Wildman–Crippen LogP) is 5.11. The third-order valence-electron chi connectivity index (χ3n) is 3.98. The second-order valence-corrected chi connectivity index (χ2v) is 7.13. The number of carbonyl (C=O) groups is 1. The standard InChI is InChI=1S/C17H15BrClF2N3O/c18-14-9-11(16(25)24-7-5-17(20,21)6-8-24)10-22-15(14)23-13-3-1-12(19)2-4-13/h1-4,9-10H,5-8H2,(H,22,23). The van der Waals surface area contributed by atoms with Crippen LogP contribution in [0.2, 0.25) is 5.02 Å². The number of hydrogen-bond donors (Lipinski definition) is 1. The van der Waals surface area contributed by atoms with Gasteiger partial charge in [-0.25, -0.2) is 13.8 Å². The molecule has 1 N–H and O–H groups in total. The van der Waals surface area contributed by atoms with Gasteiger partial charge in [-0.05, 0) is 46.3 Å². The summed E-state index contributed by atoms with van der Waals surface area (Å²) >= 11 is 9.24. The summed E-state index contributed by atoms with van der Waals surface area (Å²) < 4.78 is 27.0. The molecule has 1 amide bonds. The Balaban J connectivity index is 1.71. The number of amides is 1. The lowest BCUT2D eigenvalue weighted by atomic mass is 10.1. The van der Waals surface area contributed by atoms with Crippen LogP contribution in [0.3, 0.4) is 0 Å². The van der Waals surface area contributed by atoms with Crippen LogP contribution < -0.4 is 5.32 Å². The Labute approximate surface area is 157 Å². The van der Waals surface area contributed by atoms with Crippen molar-refractivity contribution >= 4 is 44.9 Å². The van der Waals surface area contributed by atoms with E-state index in [-0.39, 0.29) is 31.8 Å². The summed E-state index contributed by atoms with van der Waals surface area (Å²) in [6, 6.07) is 8.76. The highest BCUT2D eigenvalue weighted by Crippen LogP contribution is 2.29. The van der Waals surface area contributed by atoms with E-state index in [0.717, 1.165) is 5.69 Å². The van der Waals surface area contributed by atoms with Gasteiger partial charge in [-0.3, -0.25) is 4.79 Å². The molecule has 0 bridgehead atoms. The van der Waals surface area contributed by atoms with Crippen LogP contribution in [0.5, 0.6) is 0 Å². The van der Waals surface area contributed by atoms with Crippen molar-refractivity contribution in [3.05, 3.63) is 51.6 Å². The molecule has 0 unspecified atom stereocenters. The van der Waals surface area contributed by atoms with Crippen molar-refractivity contribution in [2.24, 2.45) is 0 Å². The Hall–Kier alpha value is -1.73. The van der Waals surface area contributed by atoms with E-state index >= 15 is 0 Å². The molecule has 2 heterocycles. The molecule has 1 aromatic heterocycles. The summed E-state index contributed by atoms with van der Waals surface area (Å²) in [5.74, 6) is -2.42. The second kappa shape index (κ2) is 7.25. The first-order valence-electron chi connectivity index (χ1n) is 7.69. The van der Waals surface area contributed by atoms with Crippen molar-refractivity contribution in [3.8, 4) is 0 Å². The highest BCUT2D eigenvalue weighted by molar-refractivity contribution is 9.10. The number of aromatic nitrogens is 1. The van der Waals surface area contributed by atoms with Crippen LogP contribution in [0.25, 0.3) is 0 Å². The quantitative estimate of drug-likeness (QED) is 0.736. The Morgan fingerprint density at radius 1 is 1.24 bits per heavy atom. The number of nitrogens with zero attached hydrogens (tertiary/aromatic N) is 2. The van der Waals surface area contributed by atoms with Gasteiger partial charge in [-0.2, -0.15) is 0 Å². The number of benzene rings is 1. The number of rotatable bonds is 3. The van der Waals surface area contributed by atoms with Crippen LogP contribution in [0, 0.1) is 0 Å². The van der Waals surface area contributed by atoms with Crippen molar-refractivity contribution in [3.63, 3.8) is 0 Å². The Morgan fingerprint density at radius 3 is 2.48 bits per heavy atom. The summed E-state index contributed by atoms with van der Waals surface area (Å²) in [5, 5.41) is 3.75. The second-order valence-electron chi connectivity index (χ2n) is 5.83. The normalized spacial score (nSPS) is 16.6. The van der Waals surface area contributed by atoms with Gasteiger partial charge in [0.15, 0.2) is 0 Å². The number of anilines is 2. The monoisotopic (exact) mass is 429 g/mol. The van der Waals surface area contributed by atoms with Gasteiger partial charge in [0.25, 0.3) is 11.8 Å². The highest BCUT2D eigenvalue weighted by Gasteiger charge is 2.35. The van der Waals surface area contributed by atoms with Crippen LogP contribution in [0.15, 0.2) is 41.0 Å². The van der Waals surface area contributed by atoms with E-state index in [0.29, 0.717) is 20.9 Å². The molecule has 0 atom stereocenters. The fourth-order valence-electron chi connectivity index (χ4n) is 2.54. The molecule has 2 aromatic rings. The third-order valence-corrected chi connectivity index (χ3v) is 4.83. The number of halogens is 4. The minimum atomic E-state index is -2.68. The maximum absolute atomic E-state index is 13.2. The van der Waals surface area contributed by atoms with Gasteiger partial charge in [0, 0.05) is 42.8 Å². The predicted molar refractivity (Wildman–Crippen MR) is 96.8 cm³/mol. The molecule has 1 fully saturated rings. The van der Waals surface area contributed by atoms with Crippen LogP contribution in [0.1, 0.15) is 23.2 Å². The van der Waals surface area contributed by atoms with Gasteiger partial charge < -0.3 is 10.2 Å². The van der Waals surface area contributed by atoms with E-state index in [1.807, 2.05) is 12.1 Å². The summed E-state index contributed by atoms with van der Waals surface area (Å²) in [5.41, 5.74) is 1.16. The van der Waals surface area contributed by atoms with E-state index in [4.69, 9.17) is 11.6 Å². The van der Waals surface area contributed by atoms with Gasteiger partial charge in [0.1, 0.15) is 5.82 Å². The number of hydrogen-bond acceptors (Lipinski definition) is 3. The molecule has 0 radical (unpaired) electrons. The fourth-order valence-corrected chi connectivity index (χ4v) is 3.11. The zero-order valence-corrected chi connectivity index (χ0v) is 15.4. The van der Waals surface area contributed by atoms with Crippen LogP contribution in [0.4, 0.5) is 20.3 Å². The van der Waals surface area contributed by atoms with E-state index in [1.54, 1.807) is 18.2 Å². The average molecular weight is 431 g/mol. The molecule has 1 aliphatic heterocycles. The molecule has 4 nitrogen and oxygen atoms in total. The molecule has 1 saturated heterocycles. The number of piperidine rings is 1. The van der Waals surface area contributed by atoms with Crippen LogP contribution >= 0.6 is 27.5 Å². The largest absolute Gasteiger partial charge is 0.339 e. The lowest BCUT2D eigenvalue weighted by molar-refractivity contribution is -0.0494. The first-order valence-corrected chi connectivity index (χ1v) is 8.86. The summed E-state index contributed by atoms with van der Waals surface area (Å²) in [6.07, 6.45) is 0.838. The number of alkyl halides is 2. The van der Waals surface area contributed by atoms with Gasteiger partial charge in [0.2, 0.25) is 0 Å². The summed E-state index contributed by atoms with van der Waals surface area (Å²) in [6.45, 7) is 0.0997. The van der Waals surface area contributed by atoms with Gasteiger partial charge >= 0.3 is 0 Å². The first kappa shape index (κ1) is 18.1. The average Bonchev–Trinajstić information content (AvgIpc) is 2.58. The number of pyridine rings is 1. The molecule has 25 heavy (non-hydrogen) atoms. The lowest BCUT2D eigenvalue weighted by Crippen LogP contribution is -2.42. The highest BCUT2D eigenvalue weighted by atomic mass is 79.9. The van der Waals surface area contributed by atoms with Crippen molar-refractivity contribution < 1.29 is 13.6 Å². The molecular formula is C17H15BrClF2N3O. The molecule has 1 aliphatic rings. The molecule has 8 heteroatoms. The van der Waals surface area contributed by atoms with E-state index in [2.05, 4.69) is 26.2 Å². The molecule has 3 rings (SSSR count). The van der Waals surface area contributed by atoms with Crippen molar-refractivity contribution in [1.29, 1.82) is 0 Å². The third kappa shape index (κ3) is 4.46. The van der Waals surface area contributed by atoms with Crippen molar-refractivity contribution in [2.75, 3.05) is 18.4 Å². The van der Waals surface area contributed by atoms with E-state index in [9.17, 15) is 13.6 Å². The van der Waals surface area contributed by atoms with Crippen molar-refractivity contribution in [2.45, 2.75) is 18.8 Å². The topological polar surface area (TPSA) is 45.2 Å². The molecule has 0 saturated carbocycles. The number of carbonyl (C=O) groups excluding carboxylic acids is 1. The summed E-state index contributed by atoms with van der Waals surface area (Å²) in [7, 11) is 0. The molecular weight excluding hydrogens is 416 g/mol. The maximum atomic E-state index is 13.2. The minimum absolute atomic E-state index is 0.0498. The molecule has 0 aliphatic carbocycles. The van der Waals surface area contributed by atoms with Gasteiger partial charge in [0.05, 0.1) is 10.0 Å². The SMILES string of the molecule is O=C(c1cnc(Nc2ccc(Cl)cc2)c(Br)c1)N1CCC(F)(F)CC1. The van der Waals surface area contributed by atoms with E-state index < -0.39 is 5.92 Å². The molecule has 1 aromatic carbocycles. The van der Waals surface area contributed by atoms with Gasteiger partial charge in [-0.15, -0.1) is 0 Å². The Morgan fingerprint density at radius 2 is 1.88 bits per heavy atom. The van der Waals surface area contributed by atoms with E-state index in [1.165, 1.54) is 11.1 Å². The fraction of sp³-hybridized carbons (Fsp3) is 0.294. The van der Waals surface area contributed by atoms with Crippen molar-refractivity contribution in [1.82, 2.24) is 9.88 Å². The Kier molecular flexibility index (Phi) is 5.24. The number of nitrogens with one attached hydrogen (secondary N) is 1. The van der Waals surface area contributed by atoms with Gasteiger partial charge in [-0.1, -0.05) is 11.6 Å².